The molecule has 2 bridgehead atoms. The highest BCUT2D eigenvalue weighted by atomic mass is 19.1. The standard InChI is InChI=1S/C23H24F3N3O4/c1-11-6-16(24)14(17(25)7-11)8-27-21(32)15-10-29-13-4-5-23(3,26)12(2)28(9-13)22(33)18(29)20(31)19(15)30/h6-7,10,12-13,31H,4-5,8-9H2,1-3H3,(H,27,32). The highest BCUT2D eigenvalue weighted by Gasteiger charge is 2.46. The highest BCUT2D eigenvalue weighted by Crippen LogP contribution is 2.39. The third-order valence-corrected chi connectivity index (χ3v) is 6.74. The lowest BCUT2D eigenvalue weighted by molar-refractivity contribution is 0.0340. The Kier molecular flexibility index (Phi) is 5.50. The van der Waals surface area contributed by atoms with E-state index in [0.717, 1.165) is 18.3 Å². The number of benzene rings is 1. The van der Waals surface area contributed by atoms with Crippen LogP contribution in [0.5, 0.6) is 5.75 Å². The van der Waals surface area contributed by atoms with Gasteiger partial charge in [0.15, 0.2) is 11.4 Å². The number of hydrogen-bond donors (Lipinski definition) is 2. The van der Waals surface area contributed by atoms with Gasteiger partial charge >= 0.3 is 0 Å². The normalized spacial score (nSPS) is 24.3. The average Bonchev–Trinajstić information content (AvgIpc) is 2.83. The Morgan fingerprint density at radius 3 is 2.55 bits per heavy atom. The van der Waals surface area contributed by atoms with Gasteiger partial charge in [0.2, 0.25) is 5.43 Å². The predicted octanol–water partition coefficient (Wildman–Crippen LogP) is 2.98. The number of rotatable bonds is 3. The van der Waals surface area contributed by atoms with Gasteiger partial charge in [-0.25, -0.2) is 13.2 Å². The second kappa shape index (κ2) is 7.93. The third kappa shape index (κ3) is 3.77. The number of fused-ring (bicyclic) bond motifs is 4. The summed E-state index contributed by atoms with van der Waals surface area (Å²) in [6, 6.07) is 1.02. The number of hydrogen-bond acceptors (Lipinski definition) is 4. The van der Waals surface area contributed by atoms with Crippen LogP contribution in [-0.2, 0) is 6.54 Å². The molecule has 7 nitrogen and oxygen atoms in total. The molecule has 3 unspecified atom stereocenters. The molecule has 2 N–H and O–H groups in total. The molecule has 0 saturated carbocycles. The quantitative estimate of drug-likeness (QED) is 0.732. The van der Waals surface area contributed by atoms with E-state index in [1.807, 2.05) is 0 Å². The maximum atomic E-state index is 15.0. The smallest absolute Gasteiger partial charge is 0.274 e. The summed E-state index contributed by atoms with van der Waals surface area (Å²) in [6.07, 6.45) is 1.61. The Bertz CT molecular complexity index is 1200. The molecule has 1 fully saturated rings. The van der Waals surface area contributed by atoms with Crippen LogP contribution >= 0.6 is 0 Å². The van der Waals surface area contributed by atoms with Gasteiger partial charge in [0.05, 0.1) is 12.1 Å². The highest BCUT2D eigenvalue weighted by molar-refractivity contribution is 5.99. The van der Waals surface area contributed by atoms with Gasteiger partial charge in [-0.3, -0.25) is 14.4 Å². The molecule has 0 aliphatic carbocycles. The predicted molar refractivity (Wildman–Crippen MR) is 113 cm³/mol. The maximum Gasteiger partial charge on any atom is 0.274 e. The molecule has 2 amide bonds. The first-order valence-electron chi connectivity index (χ1n) is 10.6. The summed E-state index contributed by atoms with van der Waals surface area (Å²) >= 11 is 0. The first-order chi connectivity index (χ1) is 15.4. The molecule has 0 spiro atoms. The summed E-state index contributed by atoms with van der Waals surface area (Å²) in [5.74, 6) is -4.26. The van der Waals surface area contributed by atoms with Crippen LogP contribution in [0.4, 0.5) is 13.2 Å². The van der Waals surface area contributed by atoms with Crippen LogP contribution in [0.3, 0.4) is 0 Å². The first-order valence-corrected chi connectivity index (χ1v) is 10.6. The Hall–Kier alpha value is -3.30. The number of carbonyl (C=O) groups is 2. The summed E-state index contributed by atoms with van der Waals surface area (Å²) in [5.41, 5.74) is -3.53. The number of aryl methyl sites for hydroxylation is 1. The van der Waals surface area contributed by atoms with Crippen molar-refractivity contribution in [3.05, 3.63) is 62.6 Å². The Balaban J connectivity index is 1.69. The van der Waals surface area contributed by atoms with E-state index >= 15 is 4.39 Å². The lowest BCUT2D eigenvalue weighted by Gasteiger charge is -2.39. The van der Waals surface area contributed by atoms with Crippen LogP contribution in [0.2, 0.25) is 0 Å². The molecule has 2 aromatic rings. The van der Waals surface area contributed by atoms with Gasteiger partial charge < -0.3 is 19.9 Å². The summed E-state index contributed by atoms with van der Waals surface area (Å²) < 4.78 is 44.5. The minimum atomic E-state index is -1.66. The number of aromatic nitrogens is 1. The Morgan fingerprint density at radius 1 is 1.27 bits per heavy atom. The number of halogens is 3. The van der Waals surface area contributed by atoms with Crippen molar-refractivity contribution in [1.29, 1.82) is 0 Å². The molecule has 4 rings (SSSR count). The van der Waals surface area contributed by atoms with Crippen molar-refractivity contribution in [1.82, 2.24) is 14.8 Å². The van der Waals surface area contributed by atoms with E-state index in [2.05, 4.69) is 5.32 Å². The molecule has 2 aliphatic heterocycles. The van der Waals surface area contributed by atoms with Crippen LogP contribution in [0.25, 0.3) is 0 Å². The topological polar surface area (TPSA) is 91.6 Å². The summed E-state index contributed by atoms with van der Waals surface area (Å²) in [6.45, 7) is 4.15. The molecule has 1 aromatic heterocycles. The van der Waals surface area contributed by atoms with E-state index in [1.165, 1.54) is 23.3 Å². The number of pyridine rings is 1. The number of aromatic hydroxyl groups is 1. The fourth-order valence-corrected chi connectivity index (χ4v) is 4.52. The Morgan fingerprint density at radius 2 is 1.91 bits per heavy atom. The van der Waals surface area contributed by atoms with Crippen molar-refractivity contribution in [2.45, 2.75) is 57.9 Å². The van der Waals surface area contributed by atoms with Gasteiger partial charge in [-0.15, -0.1) is 0 Å². The third-order valence-electron chi connectivity index (χ3n) is 6.74. The van der Waals surface area contributed by atoms with E-state index in [0.29, 0.717) is 12.0 Å². The van der Waals surface area contributed by atoms with Gasteiger partial charge in [0.1, 0.15) is 22.9 Å². The van der Waals surface area contributed by atoms with Crippen molar-refractivity contribution < 1.29 is 27.9 Å². The lowest BCUT2D eigenvalue weighted by atomic mass is 9.94. The second-order valence-electron chi connectivity index (χ2n) is 8.97. The zero-order chi connectivity index (χ0) is 24.2. The zero-order valence-electron chi connectivity index (χ0n) is 18.4. The molecule has 10 heteroatoms. The molecule has 2 aliphatic rings. The van der Waals surface area contributed by atoms with E-state index in [1.54, 1.807) is 6.92 Å². The van der Waals surface area contributed by atoms with E-state index in [-0.39, 0.29) is 24.2 Å². The molecule has 33 heavy (non-hydrogen) atoms. The van der Waals surface area contributed by atoms with Gasteiger partial charge in [-0.05, 0) is 51.3 Å². The minimum Gasteiger partial charge on any atom is -0.503 e. The Labute approximate surface area is 187 Å². The molecule has 1 saturated heterocycles. The van der Waals surface area contributed by atoms with E-state index in [4.69, 9.17) is 0 Å². The molecular weight excluding hydrogens is 439 g/mol. The maximum absolute atomic E-state index is 15.0. The van der Waals surface area contributed by atoms with Crippen molar-refractivity contribution in [2.75, 3.05) is 6.54 Å². The fourth-order valence-electron chi connectivity index (χ4n) is 4.52. The van der Waals surface area contributed by atoms with Gasteiger partial charge in [-0.1, -0.05) is 0 Å². The zero-order valence-corrected chi connectivity index (χ0v) is 18.4. The van der Waals surface area contributed by atoms with E-state index < -0.39 is 64.5 Å². The summed E-state index contributed by atoms with van der Waals surface area (Å²) in [5, 5.41) is 12.8. The van der Waals surface area contributed by atoms with Crippen LogP contribution in [0.15, 0.2) is 23.1 Å². The minimum absolute atomic E-state index is 0.141. The second-order valence-corrected chi connectivity index (χ2v) is 8.97. The van der Waals surface area contributed by atoms with Gasteiger partial charge in [0, 0.05) is 24.8 Å². The molecule has 1 aromatic carbocycles. The lowest BCUT2D eigenvalue weighted by Crippen LogP contribution is -2.52. The summed E-state index contributed by atoms with van der Waals surface area (Å²) in [4.78, 5) is 39.7. The fraction of sp³-hybridized carbons (Fsp3) is 0.435. The number of alkyl halides is 1. The average molecular weight is 463 g/mol. The van der Waals surface area contributed by atoms with Crippen molar-refractivity contribution >= 4 is 11.8 Å². The van der Waals surface area contributed by atoms with Crippen LogP contribution in [-0.4, -0.2) is 44.6 Å². The molecular formula is C23H24F3N3O4. The van der Waals surface area contributed by atoms with Crippen LogP contribution < -0.4 is 10.7 Å². The number of carbonyl (C=O) groups excluding carboxylic acids is 2. The molecule has 0 radical (unpaired) electrons. The molecule has 3 atom stereocenters. The molecule has 176 valence electrons. The van der Waals surface area contributed by atoms with Crippen molar-refractivity contribution in [3.63, 3.8) is 0 Å². The largest absolute Gasteiger partial charge is 0.503 e. The number of nitrogens with zero attached hydrogens (tertiary/aromatic N) is 2. The van der Waals surface area contributed by atoms with E-state index in [9.17, 15) is 28.3 Å². The first kappa shape index (κ1) is 22.9. The number of amides is 2. The molecule has 3 heterocycles. The number of nitrogens with one attached hydrogen (secondary N) is 1. The van der Waals surface area contributed by atoms with Crippen molar-refractivity contribution in [3.8, 4) is 5.75 Å². The SMILES string of the molecule is Cc1cc(F)c(CNC(=O)c2cn3c(c(O)c2=O)C(=O)N2CC3CCC(C)(F)C2C)c(F)c1. The van der Waals surface area contributed by atoms with Gasteiger partial charge in [0.25, 0.3) is 11.8 Å². The van der Waals surface area contributed by atoms with Gasteiger partial charge in [-0.2, -0.15) is 0 Å². The monoisotopic (exact) mass is 463 g/mol. The summed E-state index contributed by atoms with van der Waals surface area (Å²) in [7, 11) is 0. The van der Waals surface area contributed by atoms with Crippen LogP contribution in [0, 0.1) is 18.6 Å². The van der Waals surface area contributed by atoms with Crippen molar-refractivity contribution in [2.24, 2.45) is 0 Å². The van der Waals surface area contributed by atoms with Crippen LogP contribution in [0.1, 0.15) is 64.7 Å².